The molecule has 0 aliphatic heterocycles. The molecule has 1 heterocycles. The van der Waals surface area contributed by atoms with Gasteiger partial charge in [0, 0.05) is 24.8 Å². The van der Waals surface area contributed by atoms with Gasteiger partial charge in [-0.3, -0.25) is 14.9 Å². The summed E-state index contributed by atoms with van der Waals surface area (Å²) < 4.78 is 9.70. The molecule has 0 radical (unpaired) electrons. The summed E-state index contributed by atoms with van der Waals surface area (Å²) >= 11 is 0. The Labute approximate surface area is 119 Å². The first-order valence-electron chi connectivity index (χ1n) is 6.10. The minimum absolute atomic E-state index is 0.0329. The van der Waals surface area contributed by atoms with Gasteiger partial charge >= 0.3 is 0 Å². The molecule has 0 amide bonds. The largest absolute Gasteiger partial charge is 0.377 e. The molecule has 0 spiro atoms. The number of hydrogen-bond donors (Lipinski definition) is 0. The van der Waals surface area contributed by atoms with Crippen LogP contribution in [0.4, 0.5) is 5.69 Å². The second-order valence-electron chi connectivity index (χ2n) is 4.42. The molecule has 110 valence electrons. The summed E-state index contributed by atoms with van der Waals surface area (Å²) in [5.41, 5.74) is 1.21. The van der Waals surface area contributed by atoms with Crippen LogP contribution in [0.3, 0.4) is 0 Å². The van der Waals surface area contributed by atoms with E-state index in [1.165, 1.54) is 19.2 Å². The maximum atomic E-state index is 11.4. The third-order valence-corrected chi connectivity index (χ3v) is 2.79. The molecular formula is C13H13N3O5. The van der Waals surface area contributed by atoms with Crippen molar-refractivity contribution in [3.05, 3.63) is 39.8 Å². The molecule has 0 fully saturated rings. The Morgan fingerprint density at radius 2 is 2.24 bits per heavy atom. The maximum absolute atomic E-state index is 11.4. The topological polar surface area (TPSA) is 108 Å². The number of ketones is 1. The van der Waals surface area contributed by atoms with Crippen LogP contribution in [0.1, 0.15) is 11.5 Å². The van der Waals surface area contributed by atoms with Crippen molar-refractivity contribution in [2.45, 2.75) is 13.3 Å². The van der Waals surface area contributed by atoms with Crippen molar-refractivity contribution in [3.63, 3.8) is 0 Å². The molecule has 0 aliphatic carbocycles. The molecular weight excluding hydrogens is 278 g/mol. The van der Waals surface area contributed by atoms with Crippen LogP contribution in [0.5, 0.6) is 0 Å². The Morgan fingerprint density at radius 3 is 2.90 bits per heavy atom. The summed E-state index contributed by atoms with van der Waals surface area (Å²) in [5, 5.41) is 14.6. The molecule has 2 aromatic rings. The van der Waals surface area contributed by atoms with Gasteiger partial charge in [-0.25, -0.2) is 0 Å². The monoisotopic (exact) mass is 291 g/mol. The summed E-state index contributed by atoms with van der Waals surface area (Å²) in [6.07, 6.45) is -0.0329. The van der Waals surface area contributed by atoms with E-state index < -0.39 is 4.92 Å². The molecule has 0 bridgehead atoms. The van der Waals surface area contributed by atoms with E-state index in [0.29, 0.717) is 5.56 Å². The van der Waals surface area contributed by atoms with Gasteiger partial charge in [0.05, 0.1) is 11.3 Å². The number of nitrogens with zero attached hydrogens (tertiary/aromatic N) is 3. The normalized spacial score (nSPS) is 10.6. The smallest absolute Gasteiger partial charge is 0.270 e. The van der Waals surface area contributed by atoms with Crippen LogP contribution in [-0.2, 0) is 16.0 Å². The number of nitro groups is 1. The lowest BCUT2D eigenvalue weighted by molar-refractivity contribution is -0.384. The molecule has 1 aromatic heterocycles. The van der Waals surface area contributed by atoms with Gasteiger partial charge in [0.15, 0.2) is 5.78 Å². The molecule has 8 nitrogen and oxygen atoms in total. The summed E-state index contributed by atoms with van der Waals surface area (Å²) in [4.78, 5) is 25.8. The quantitative estimate of drug-likeness (QED) is 0.588. The number of carbonyl (C=O) groups excluding carboxylic acids is 1. The number of hydrogen-bond acceptors (Lipinski definition) is 7. The number of aromatic nitrogens is 2. The number of Topliss-reactive ketones (excluding diaryl/α,β-unsaturated/α-hetero) is 1. The highest BCUT2D eigenvalue weighted by molar-refractivity contribution is 5.81. The van der Waals surface area contributed by atoms with Gasteiger partial charge in [-0.05, 0) is 12.5 Å². The summed E-state index contributed by atoms with van der Waals surface area (Å²) in [5.74, 6) is 0.179. The van der Waals surface area contributed by atoms with Crippen molar-refractivity contribution in [2.75, 3.05) is 13.7 Å². The number of methoxy groups -OCH3 is 1. The standard InChI is InChI=1S/C13H13N3O5/c1-8-3-4-9(16(18)19)5-11(8)13-14-12(21-15-13)6-10(17)7-20-2/h3-5H,6-7H2,1-2H3. The maximum Gasteiger partial charge on any atom is 0.270 e. The molecule has 21 heavy (non-hydrogen) atoms. The van der Waals surface area contributed by atoms with E-state index in [1.807, 2.05) is 0 Å². The molecule has 0 saturated heterocycles. The molecule has 0 N–H and O–H groups in total. The van der Waals surface area contributed by atoms with E-state index in [9.17, 15) is 14.9 Å². The lowest BCUT2D eigenvalue weighted by atomic mass is 10.1. The summed E-state index contributed by atoms with van der Waals surface area (Å²) in [6.45, 7) is 1.75. The second-order valence-corrected chi connectivity index (χ2v) is 4.42. The lowest BCUT2D eigenvalue weighted by Gasteiger charge is -2.00. The van der Waals surface area contributed by atoms with Gasteiger partial charge in [-0.1, -0.05) is 11.2 Å². The van der Waals surface area contributed by atoms with Gasteiger partial charge in [0.25, 0.3) is 5.69 Å². The number of carbonyl (C=O) groups is 1. The number of non-ortho nitro benzene ring substituents is 1. The van der Waals surface area contributed by atoms with E-state index in [1.54, 1.807) is 13.0 Å². The van der Waals surface area contributed by atoms with Crippen molar-refractivity contribution < 1.29 is 19.0 Å². The average Bonchev–Trinajstić information content (AvgIpc) is 2.87. The minimum atomic E-state index is -0.494. The van der Waals surface area contributed by atoms with E-state index in [2.05, 4.69) is 10.1 Å². The van der Waals surface area contributed by atoms with Gasteiger partial charge in [0.2, 0.25) is 11.7 Å². The number of aryl methyl sites for hydroxylation is 1. The van der Waals surface area contributed by atoms with Gasteiger partial charge in [-0.15, -0.1) is 0 Å². The molecule has 1 aromatic carbocycles. The summed E-state index contributed by atoms with van der Waals surface area (Å²) in [6, 6.07) is 4.39. The van der Waals surface area contributed by atoms with E-state index in [0.717, 1.165) is 5.56 Å². The van der Waals surface area contributed by atoms with E-state index in [-0.39, 0.29) is 36.2 Å². The van der Waals surface area contributed by atoms with E-state index in [4.69, 9.17) is 9.26 Å². The number of rotatable bonds is 6. The van der Waals surface area contributed by atoms with Crippen molar-refractivity contribution in [3.8, 4) is 11.4 Å². The Kier molecular flexibility index (Phi) is 4.39. The molecule has 2 rings (SSSR count). The zero-order chi connectivity index (χ0) is 15.4. The fourth-order valence-corrected chi connectivity index (χ4v) is 1.78. The highest BCUT2D eigenvalue weighted by Crippen LogP contribution is 2.25. The van der Waals surface area contributed by atoms with Crippen molar-refractivity contribution in [1.82, 2.24) is 10.1 Å². The summed E-state index contributed by atoms with van der Waals surface area (Å²) in [7, 11) is 1.42. The Morgan fingerprint density at radius 1 is 1.48 bits per heavy atom. The van der Waals surface area contributed by atoms with Crippen molar-refractivity contribution in [2.24, 2.45) is 0 Å². The van der Waals surface area contributed by atoms with Crippen LogP contribution in [-0.4, -0.2) is 34.6 Å². The zero-order valence-corrected chi connectivity index (χ0v) is 11.5. The first kappa shape index (κ1) is 14.8. The first-order valence-corrected chi connectivity index (χ1v) is 6.10. The highest BCUT2D eigenvalue weighted by atomic mass is 16.6. The van der Waals surface area contributed by atoms with Crippen LogP contribution in [0.25, 0.3) is 11.4 Å². The number of benzene rings is 1. The predicted molar refractivity (Wildman–Crippen MR) is 71.7 cm³/mol. The Balaban J connectivity index is 2.27. The minimum Gasteiger partial charge on any atom is -0.377 e. The third-order valence-electron chi connectivity index (χ3n) is 2.79. The van der Waals surface area contributed by atoms with Gasteiger partial charge in [-0.2, -0.15) is 4.98 Å². The van der Waals surface area contributed by atoms with Gasteiger partial charge in [0.1, 0.15) is 6.61 Å². The first-order chi connectivity index (χ1) is 10.0. The van der Waals surface area contributed by atoms with Crippen LogP contribution in [0.2, 0.25) is 0 Å². The molecule has 0 aliphatic rings. The lowest BCUT2D eigenvalue weighted by Crippen LogP contribution is -2.09. The highest BCUT2D eigenvalue weighted by Gasteiger charge is 2.16. The molecule has 8 heteroatoms. The van der Waals surface area contributed by atoms with Gasteiger partial charge < -0.3 is 9.26 Å². The molecule has 0 saturated carbocycles. The fourth-order valence-electron chi connectivity index (χ4n) is 1.78. The van der Waals surface area contributed by atoms with E-state index >= 15 is 0 Å². The van der Waals surface area contributed by atoms with Crippen LogP contribution in [0, 0.1) is 17.0 Å². The molecule has 0 atom stereocenters. The Bertz CT molecular complexity index is 680. The molecule has 0 unspecified atom stereocenters. The number of nitro benzene ring substituents is 1. The van der Waals surface area contributed by atoms with Crippen molar-refractivity contribution >= 4 is 11.5 Å². The number of ether oxygens (including phenoxy) is 1. The van der Waals surface area contributed by atoms with Crippen LogP contribution < -0.4 is 0 Å². The predicted octanol–water partition coefficient (Wildman–Crippen LogP) is 1.71. The Hall–Kier alpha value is -2.61. The van der Waals surface area contributed by atoms with Crippen LogP contribution >= 0.6 is 0 Å². The van der Waals surface area contributed by atoms with Crippen molar-refractivity contribution in [1.29, 1.82) is 0 Å². The second kappa shape index (κ2) is 6.23. The zero-order valence-electron chi connectivity index (χ0n) is 11.5. The third kappa shape index (κ3) is 3.48. The SMILES string of the molecule is COCC(=O)Cc1nc(-c2cc([N+](=O)[O-])ccc2C)no1. The average molecular weight is 291 g/mol. The van der Waals surface area contributed by atoms with Crippen LogP contribution in [0.15, 0.2) is 22.7 Å². The fraction of sp³-hybridized carbons (Fsp3) is 0.308.